The Morgan fingerprint density at radius 3 is 2.19 bits per heavy atom. The van der Waals surface area contributed by atoms with E-state index in [9.17, 15) is 14.4 Å². The van der Waals surface area contributed by atoms with Gasteiger partial charge in [0.2, 0.25) is 0 Å². The Balaban J connectivity index is 1.65. The number of urea groups is 1. The third-order valence-electron chi connectivity index (χ3n) is 4.01. The molecule has 1 N–H and O–H groups in total. The Labute approximate surface area is 155 Å². The first-order valence-electron chi connectivity index (χ1n) is 8.12. The molecule has 2 aromatic carbocycles. The fourth-order valence-electron chi connectivity index (χ4n) is 2.61. The van der Waals surface area contributed by atoms with Crippen LogP contribution in [0.15, 0.2) is 48.5 Å². The van der Waals surface area contributed by atoms with E-state index >= 15 is 0 Å². The van der Waals surface area contributed by atoms with Crippen molar-refractivity contribution >= 4 is 29.3 Å². The molecule has 1 fully saturated rings. The summed E-state index contributed by atoms with van der Waals surface area (Å²) < 4.78 is 5.59. The molecule has 1 aliphatic rings. The molecule has 0 aliphatic carbocycles. The smallest absolute Gasteiger partial charge is 0.324 e. The van der Waals surface area contributed by atoms with Crippen LogP contribution in [-0.2, 0) is 4.79 Å². The van der Waals surface area contributed by atoms with Crippen molar-refractivity contribution in [2.75, 3.05) is 13.1 Å². The molecule has 134 valence electrons. The molecule has 1 saturated heterocycles. The van der Waals surface area contributed by atoms with Gasteiger partial charge in [-0.05, 0) is 55.5 Å². The van der Waals surface area contributed by atoms with Gasteiger partial charge in [0.25, 0.3) is 5.91 Å². The van der Waals surface area contributed by atoms with Gasteiger partial charge in [0.05, 0.1) is 0 Å². The first-order valence-corrected chi connectivity index (χ1v) is 8.49. The van der Waals surface area contributed by atoms with E-state index in [1.54, 1.807) is 55.5 Å². The highest BCUT2D eigenvalue weighted by atomic mass is 35.5. The van der Waals surface area contributed by atoms with Crippen LogP contribution in [0.4, 0.5) is 4.79 Å². The minimum atomic E-state index is -0.809. The first kappa shape index (κ1) is 17.9. The molecule has 1 aliphatic heterocycles. The van der Waals surface area contributed by atoms with Gasteiger partial charge in [-0.25, -0.2) is 4.79 Å². The van der Waals surface area contributed by atoms with E-state index in [1.165, 1.54) is 0 Å². The normalized spacial score (nSPS) is 14.7. The summed E-state index contributed by atoms with van der Waals surface area (Å²) in [6.07, 6.45) is -0.809. The Morgan fingerprint density at radius 1 is 1.08 bits per heavy atom. The van der Waals surface area contributed by atoms with Crippen molar-refractivity contribution in [3.8, 4) is 5.75 Å². The van der Waals surface area contributed by atoms with Crippen molar-refractivity contribution in [3.63, 3.8) is 0 Å². The molecular weight excluding hydrogens is 356 g/mol. The summed E-state index contributed by atoms with van der Waals surface area (Å²) >= 11 is 5.83. The molecule has 7 heteroatoms. The molecule has 0 saturated carbocycles. The molecule has 0 spiro atoms. The van der Waals surface area contributed by atoms with E-state index in [1.807, 2.05) is 0 Å². The van der Waals surface area contributed by atoms with Crippen LogP contribution in [-0.4, -0.2) is 41.8 Å². The second-order valence-corrected chi connectivity index (χ2v) is 6.28. The second kappa shape index (κ2) is 7.58. The van der Waals surface area contributed by atoms with Crippen LogP contribution >= 0.6 is 11.6 Å². The van der Waals surface area contributed by atoms with Gasteiger partial charge < -0.3 is 10.1 Å². The van der Waals surface area contributed by atoms with Crippen LogP contribution in [0.2, 0.25) is 5.02 Å². The number of imide groups is 1. The molecule has 3 rings (SSSR count). The number of amides is 3. The SMILES string of the molecule is C[C@H](Oc1ccc(C(=O)c2ccc(Cl)cc2)cc1)C(=O)N1CCNC1=O. The maximum absolute atomic E-state index is 12.4. The highest BCUT2D eigenvalue weighted by molar-refractivity contribution is 6.30. The van der Waals surface area contributed by atoms with Crippen LogP contribution in [0, 0.1) is 0 Å². The van der Waals surface area contributed by atoms with E-state index in [4.69, 9.17) is 16.3 Å². The Morgan fingerprint density at radius 2 is 1.65 bits per heavy atom. The number of ketones is 1. The summed E-state index contributed by atoms with van der Waals surface area (Å²) in [5.41, 5.74) is 1.03. The molecule has 0 unspecified atom stereocenters. The van der Waals surface area contributed by atoms with E-state index in [0.717, 1.165) is 4.90 Å². The van der Waals surface area contributed by atoms with Crippen molar-refractivity contribution in [2.45, 2.75) is 13.0 Å². The van der Waals surface area contributed by atoms with Gasteiger partial charge in [-0.2, -0.15) is 0 Å². The standard InChI is InChI=1S/C19H17ClN2O4/c1-12(18(24)22-11-10-21-19(22)25)26-16-8-4-14(5-9-16)17(23)13-2-6-15(20)7-3-13/h2-9,12H,10-11H2,1H3,(H,21,25)/t12-/m0/s1. The van der Waals surface area contributed by atoms with Gasteiger partial charge in [-0.1, -0.05) is 11.6 Å². The lowest BCUT2D eigenvalue weighted by Crippen LogP contribution is -2.42. The molecule has 0 radical (unpaired) electrons. The number of nitrogens with zero attached hydrogens (tertiary/aromatic N) is 1. The quantitative estimate of drug-likeness (QED) is 0.819. The number of hydrogen-bond donors (Lipinski definition) is 1. The molecule has 6 nitrogen and oxygen atoms in total. The topological polar surface area (TPSA) is 75.7 Å². The number of benzene rings is 2. The lowest BCUT2D eigenvalue weighted by Gasteiger charge is -2.19. The molecule has 2 aromatic rings. The zero-order chi connectivity index (χ0) is 18.7. The number of hydrogen-bond acceptors (Lipinski definition) is 4. The van der Waals surface area contributed by atoms with Gasteiger partial charge in [0, 0.05) is 29.2 Å². The lowest BCUT2D eigenvalue weighted by molar-refractivity contribution is -0.134. The minimum Gasteiger partial charge on any atom is -0.481 e. The second-order valence-electron chi connectivity index (χ2n) is 5.84. The summed E-state index contributed by atoms with van der Waals surface area (Å²) in [7, 11) is 0. The third-order valence-corrected chi connectivity index (χ3v) is 4.26. The molecule has 1 atom stereocenters. The predicted octanol–water partition coefficient (Wildman–Crippen LogP) is 2.89. The zero-order valence-electron chi connectivity index (χ0n) is 14.1. The molecule has 1 heterocycles. The number of carbonyl (C=O) groups excluding carboxylic acids is 3. The van der Waals surface area contributed by atoms with Gasteiger partial charge in [0.15, 0.2) is 11.9 Å². The molecule has 3 amide bonds. The van der Waals surface area contributed by atoms with Crippen LogP contribution in [0.1, 0.15) is 22.8 Å². The monoisotopic (exact) mass is 372 g/mol. The van der Waals surface area contributed by atoms with Crippen molar-refractivity contribution < 1.29 is 19.1 Å². The fourth-order valence-corrected chi connectivity index (χ4v) is 2.73. The predicted molar refractivity (Wildman–Crippen MR) is 96.5 cm³/mol. The van der Waals surface area contributed by atoms with Crippen LogP contribution < -0.4 is 10.1 Å². The summed E-state index contributed by atoms with van der Waals surface area (Å²) in [5.74, 6) is -0.0921. The summed E-state index contributed by atoms with van der Waals surface area (Å²) in [5, 5.41) is 3.14. The van der Waals surface area contributed by atoms with Crippen LogP contribution in [0.3, 0.4) is 0 Å². The van der Waals surface area contributed by atoms with E-state index in [2.05, 4.69) is 5.32 Å². The third kappa shape index (κ3) is 3.86. The average molecular weight is 373 g/mol. The molecule has 0 bridgehead atoms. The Hall–Kier alpha value is -2.86. The van der Waals surface area contributed by atoms with Gasteiger partial charge in [-0.15, -0.1) is 0 Å². The van der Waals surface area contributed by atoms with E-state index in [-0.39, 0.29) is 5.78 Å². The molecular formula is C19H17ClN2O4. The summed E-state index contributed by atoms with van der Waals surface area (Å²) in [6, 6.07) is 12.7. The van der Waals surface area contributed by atoms with Crippen molar-refractivity contribution in [1.82, 2.24) is 10.2 Å². The van der Waals surface area contributed by atoms with E-state index < -0.39 is 18.0 Å². The number of rotatable bonds is 5. The number of ether oxygens (including phenoxy) is 1. The van der Waals surface area contributed by atoms with E-state index in [0.29, 0.717) is 35.0 Å². The summed E-state index contributed by atoms with van der Waals surface area (Å²) in [4.78, 5) is 37.3. The molecule has 0 aromatic heterocycles. The largest absolute Gasteiger partial charge is 0.481 e. The molecule has 26 heavy (non-hydrogen) atoms. The average Bonchev–Trinajstić information content (AvgIpc) is 3.07. The first-order chi connectivity index (χ1) is 12.5. The van der Waals surface area contributed by atoms with Crippen LogP contribution in [0.25, 0.3) is 0 Å². The lowest BCUT2D eigenvalue weighted by atomic mass is 10.0. The fraction of sp³-hybridized carbons (Fsp3) is 0.211. The maximum Gasteiger partial charge on any atom is 0.324 e. The highest BCUT2D eigenvalue weighted by Gasteiger charge is 2.30. The van der Waals surface area contributed by atoms with Crippen molar-refractivity contribution in [1.29, 1.82) is 0 Å². The van der Waals surface area contributed by atoms with Crippen molar-refractivity contribution in [2.24, 2.45) is 0 Å². The number of carbonyl (C=O) groups is 3. The number of halogens is 1. The van der Waals surface area contributed by atoms with Gasteiger partial charge in [-0.3, -0.25) is 14.5 Å². The zero-order valence-corrected chi connectivity index (χ0v) is 14.8. The summed E-state index contributed by atoms with van der Waals surface area (Å²) in [6.45, 7) is 2.36. The minimum absolute atomic E-state index is 0.133. The van der Waals surface area contributed by atoms with Crippen LogP contribution in [0.5, 0.6) is 5.75 Å². The highest BCUT2D eigenvalue weighted by Crippen LogP contribution is 2.18. The maximum atomic E-state index is 12.4. The van der Waals surface area contributed by atoms with Gasteiger partial charge >= 0.3 is 6.03 Å². The van der Waals surface area contributed by atoms with Gasteiger partial charge in [0.1, 0.15) is 5.75 Å². The van der Waals surface area contributed by atoms with Crippen molar-refractivity contribution in [3.05, 3.63) is 64.7 Å². The number of nitrogens with one attached hydrogen (secondary N) is 1. The Kier molecular flexibility index (Phi) is 5.23. The Bertz CT molecular complexity index is 834.